The van der Waals surface area contributed by atoms with E-state index < -0.39 is 0 Å². The van der Waals surface area contributed by atoms with Gasteiger partial charge in [-0.3, -0.25) is 4.79 Å². The molecule has 1 aliphatic carbocycles. The molecule has 1 amide bonds. The van der Waals surface area contributed by atoms with Crippen molar-refractivity contribution < 1.29 is 4.79 Å². The highest BCUT2D eigenvalue weighted by Gasteiger charge is 2.42. The van der Waals surface area contributed by atoms with E-state index >= 15 is 0 Å². The molecule has 3 heterocycles. The zero-order valence-electron chi connectivity index (χ0n) is 13.5. The lowest BCUT2D eigenvalue weighted by molar-refractivity contribution is -0.137. The van der Waals surface area contributed by atoms with Crippen LogP contribution in [0, 0.1) is 11.3 Å². The Morgan fingerprint density at radius 1 is 1.04 bits per heavy atom. The van der Waals surface area contributed by atoms with E-state index in [1.54, 1.807) is 0 Å². The van der Waals surface area contributed by atoms with E-state index in [2.05, 4.69) is 31.9 Å². The van der Waals surface area contributed by atoms with Gasteiger partial charge in [-0.05, 0) is 43.6 Å². The van der Waals surface area contributed by atoms with Crippen LogP contribution in [0.1, 0.15) is 32.1 Å². The summed E-state index contributed by atoms with van der Waals surface area (Å²) in [4.78, 5) is 25.7. The number of hydrogen-bond donors (Lipinski definition) is 0. The molecule has 122 valence electrons. The van der Waals surface area contributed by atoms with E-state index in [4.69, 9.17) is 0 Å². The van der Waals surface area contributed by atoms with Crippen molar-refractivity contribution in [3.63, 3.8) is 0 Å². The van der Waals surface area contributed by atoms with Crippen LogP contribution in [0.2, 0.25) is 0 Å². The number of rotatable bonds is 2. The minimum atomic E-state index is 0.210. The monoisotopic (exact) mass is 312 g/mol. The molecule has 4 rings (SSSR count). The Bertz CT molecular complexity index is 584. The van der Waals surface area contributed by atoms with Crippen LogP contribution >= 0.6 is 0 Å². The lowest BCUT2D eigenvalue weighted by Crippen LogP contribution is -2.46. The maximum absolute atomic E-state index is 12.5. The van der Waals surface area contributed by atoms with E-state index in [1.807, 2.05) is 18.5 Å². The minimum absolute atomic E-state index is 0.210. The van der Waals surface area contributed by atoms with Crippen LogP contribution in [0.5, 0.6) is 0 Å². The summed E-state index contributed by atoms with van der Waals surface area (Å²) in [6.07, 6.45) is 13.2. The molecule has 23 heavy (non-hydrogen) atoms. The van der Waals surface area contributed by atoms with Gasteiger partial charge in [0.05, 0.1) is 0 Å². The zero-order valence-corrected chi connectivity index (χ0v) is 13.5. The second-order valence-electron chi connectivity index (χ2n) is 7.19. The summed E-state index contributed by atoms with van der Waals surface area (Å²) < 4.78 is 0. The summed E-state index contributed by atoms with van der Waals surface area (Å²) in [5.74, 6) is 1.42. The molecule has 0 unspecified atom stereocenters. The highest BCUT2D eigenvalue weighted by Crippen LogP contribution is 2.41. The molecule has 0 saturated carbocycles. The van der Waals surface area contributed by atoms with Crippen molar-refractivity contribution in [2.75, 3.05) is 31.1 Å². The summed E-state index contributed by atoms with van der Waals surface area (Å²) in [5.41, 5.74) is 0.351. The number of likely N-dealkylation sites (tertiary alicyclic amines) is 1. The third-order valence-electron chi connectivity index (χ3n) is 5.77. The summed E-state index contributed by atoms with van der Waals surface area (Å²) in [7, 11) is 0. The highest BCUT2D eigenvalue weighted by molar-refractivity contribution is 5.79. The zero-order chi connectivity index (χ0) is 15.7. The maximum Gasteiger partial charge on any atom is 0.226 e. The molecular weight excluding hydrogens is 288 g/mol. The van der Waals surface area contributed by atoms with Gasteiger partial charge in [0.15, 0.2) is 0 Å². The van der Waals surface area contributed by atoms with Crippen molar-refractivity contribution in [3.8, 4) is 0 Å². The van der Waals surface area contributed by atoms with Crippen LogP contribution < -0.4 is 4.90 Å². The fraction of sp³-hybridized carbons (Fsp3) is 0.611. The second kappa shape index (κ2) is 5.95. The molecule has 0 aromatic carbocycles. The number of aromatic nitrogens is 2. The molecule has 2 saturated heterocycles. The number of carbonyl (C=O) groups is 1. The molecule has 1 aromatic heterocycles. The van der Waals surface area contributed by atoms with Crippen molar-refractivity contribution >= 4 is 11.9 Å². The first kappa shape index (κ1) is 14.7. The van der Waals surface area contributed by atoms with Gasteiger partial charge in [-0.25, -0.2) is 9.97 Å². The average molecular weight is 312 g/mol. The molecule has 1 aromatic rings. The molecule has 1 spiro atoms. The molecule has 0 radical (unpaired) electrons. The molecule has 0 bridgehead atoms. The van der Waals surface area contributed by atoms with Crippen LogP contribution in [0.15, 0.2) is 30.6 Å². The highest BCUT2D eigenvalue weighted by atomic mass is 16.2. The Balaban J connectivity index is 1.35. The summed E-state index contributed by atoms with van der Waals surface area (Å²) in [5, 5.41) is 0. The molecule has 2 fully saturated rings. The molecule has 5 nitrogen and oxygen atoms in total. The second-order valence-corrected chi connectivity index (χ2v) is 7.19. The van der Waals surface area contributed by atoms with Crippen LogP contribution in [0.4, 0.5) is 5.95 Å². The third kappa shape index (κ3) is 2.84. The summed E-state index contributed by atoms with van der Waals surface area (Å²) >= 11 is 0. The number of carbonyl (C=O) groups excluding carboxylic acids is 1. The predicted octanol–water partition coefficient (Wildman–Crippen LogP) is 2.26. The van der Waals surface area contributed by atoms with Crippen molar-refractivity contribution in [2.24, 2.45) is 11.3 Å². The molecule has 2 aliphatic heterocycles. The van der Waals surface area contributed by atoms with Gasteiger partial charge in [0.1, 0.15) is 0 Å². The third-order valence-corrected chi connectivity index (χ3v) is 5.77. The van der Waals surface area contributed by atoms with Gasteiger partial charge in [-0.15, -0.1) is 0 Å². The van der Waals surface area contributed by atoms with Crippen LogP contribution in [0.25, 0.3) is 0 Å². The van der Waals surface area contributed by atoms with E-state index in [9.17, 15) is 4.79 Å². The molecule has 5 heteroatoms. The first-order valence-electron chi connectivity index (χ1n) is 8.72. The van der Waals surface area contributed by atoms with Gasteiger partial charge in [0, 0.05) is 44.5 Å². The Morgan fingerprint density at radius 2 is 1.70 bits per heavy atom. The fourth-order valence-electron chi connectivity index (χ4n) is 4.25. The van der Waals surface area contributed by atoms with Crippen molar-refractivity contribution in [3.05, 3.63) is 30.6 Å². The normalized spacial score (nSPS) is 23.8. The Morgan fingerprint density at radius 3 is 2.39 bits per heavy atom. The summed E-state index contributed by atoms with van der Waals surface area (Å²) in [6.45, 7) is 3.90. The number of piperidine rings is 1. The average Bonchev–Trinajstić information content (AvgIpc) is 3.26. The fourth-order valence-corrected chi connectivity index (χ4v) is 4.25. The van der Waals surface area contributed by atoms with Gasteiger partial charge in [0.2, 0.25) is 11.9 Å². The Hall–Kier alpha value is -1.91. The van der Waals surface area contributed by atoms with E-state index in [1.165, 1.54) is 6.42 Å². The predicted molar refractivity (Wildman–Crippen MR) is 89.0 cm³/mol. The SMILES string of the molecule is O=C(C1CC=CC1)N1CCC2(CC1)CCN(c1ncccn1)C2. The van der Waals surface area contributed by atoms with E-state index in [-0.39, 0.29) is 5.92 Å². The standard InChI is InChI=1S/C18H24N4O/c23-16(15-4-1-2-5-15)21-11-6-18(7-12-21)8-13-22(14-18)17-19-9-3-10-20-17/h1-3,9-10,15H,4-8,11-14H2. The number of allylic oxidation sites excluding steroid dienone is 2. The van der Waals surface area contributed by atoms with Gasteiger partial charge in [0.25, 0.3) is 0 Å². The van der Waals surface area contributed by atoms with Crippen molar-refractivity contribution in [1.29, 1.82) is 0 Å². The number of hydrogen-bond acceptors (Lipinski definition) is 4. The number of anilines is 1. The first-order valence-corrected chi connectivity index (χ1v) is 8.72. The minimum Gasteiger partial charge on any atom is -0.342 e. The molecule has 3 aliphatic rings. The summed E-state index contributed by atoms with van der Waals surface area (Å²) in [6, 6.07) is 1.86. The van der Waals surface area contributed by atoms with Crippen molar-refractivity contribution in [1.82, 2.24) is 14.9 Å². The first-order chi connectivity index (χ1) is 11.3. The van der Waals surface area contributed by atoms with Crippen molar-refractivity contribution in [2.45, 2.75) is 32.1 Å². The van der Waals surface area contributed by atoms with E-state index in [0.717, 1.165) is 57.8 Å². The van der Waals surface area contributed by atoms with Gasteiger partial charge in [-0.1, -0.05) is 12.2 Å². The molecular formula is C18H24N4O. The lowest BCUT2D eigenvalue weighted by Gasteiger charge is -2.40. The van der Waals surface area contributed by atoms with Crippen LogP contribution in [-0.4, -0.2) is 47.0 Å². The van der Waals surface area contributed by atoms with Gasteiger partial charge >= 0.3 is 0 Å². The van der Waals surface area contributed by atoms with Crippen LogP contribution in [-0.2, 0) is 4.79 Å². The smallest absolute Gasteiger partial charge is 0.226 e. The number of amides is 1. The van der Waals surface area contributed by atoms with E-state index in [0.29, 0.717) is 11.3 Å². The number of nitrogens with zero attached hydrogens (tertiary/aromatic N) is 4. The molecule has 0 atom stereocenters. The van der Waals surface area contributed by atoms with Crippen LogP contribution in [0.3, 0.4) is 0 Å². The largest absolute Gasteiger partial charge is 0.342 e. The quantitative estimate of drug-likeness (QED) is 0.786. The topological polar surface area (TPSA) is 49.3 Å². The molecule has 0 N–H and O–H groups in total. The Labute approximate surface area is 137 Å². The maximum atomic E-state index is 12.5. The lowest BCUT2D eigenvalue weighted by atomic mass is 9.77. The Kier molecular flexibility index (Phi) is 3.79. The van der Waals surface area contributed by atoms with Gasteiger partial charge in [-0.2, -0.15) is 0 Å². The van der Waals surface area contributed by atoms with Gasteiger partial charge < -0.3 is 9.80 Å².